The van der Waals surface area contributed by atoms with Crippen LogP contribution in [0.4, 0.5) is 4.39 Å². The van der Waals surface area contributed by atoms with Crippen LogP contribution < -0.4 is 0 Å². The van der Waals surface area contributed by atoms with Crippen LogP contribution in [0.25, 0.3) is 26.3 Å². The van der Waals surface area contributed by atoms with Crippen LogP contribution >= 0.6 is 22.9 Å². The molecule has 0 aliphatic carbocycles. The van der Waals surface area contributed by atoms with Crippen molar-refractivity contribution >= 4 is 38.7 Å². The smallest absolute Gasteiger partial charge is 0.158 e. The van der Waals surface area contributed by atoms with Crippen LogP contribution in [0.15, 0.2) is 48.5 Å². The van der Waals surface area contributed by atoms with E-state index >= 15 is 0 Å². The van der Waals surface area contributed by atoms with Gasteiger partial charge in [0.25, 0.3) is 0 Å². The van der Waals surface area contributed by atoms with Crippen molar-refractivity contribution in [2.75, 3.05) is 0 Å². The molecule has 6 heteroatoms. The van der Waals surface area contributed by atoms with Crippen molar-refractivity contribution in [2.45, 2.75) is 52.4 Å². The SMILES string of the molecule is C=CCCC(CCC=CCl)c1cc(C)nn2c(-c3sc4ccc(F)cc4c3C)c(C)nc12. The number of aromatic nitrogens is 3. The lowest BCUT2D eigenvalue weighted by Crippen LogP contribution is -2.06. The van der Waals surface area contributed by atoms with Crippen LogP contribution in [0.3, 0.4) is 0 Å². The van der Waals surface area contributed by atoms with Gasteiger partial charge in [0.2, 0.25) is 0 Å². The van der Waals surface area contributed by atoms with E-state index in [0.717, 1.165) is 68.9 Å². The molecule has 1 unspecified atom stereocenters. The molecule has 3 aromatic heterocycles. The molecule has 32 heavy (non-hydrogen) atoms. The van der Waals surface area contributed by atoms with E-state index in [1.807, 2.05) is 36.6 Å². The van der Waals surface area contributed by atoms with Gasteiger partial charge in [0.1, 0.15) is 11.5 Å². The predicted octanol–water partition coefficient (Wildman–Crippen LogP) is 8.26. The van der Waals surface area contributed by atoms with Gasteiger partial charge in [-0.3, -0.25) is 0 Å². The minimum absolute atomic E-state index is 0.216. The predicted molar refractivity (Wildman–Crippen MR) is 134 cm³/mol. The van der Waals surface area contributed by atoms with Crippen LogP contribution in [-0.4, -0.2) is 14.6 Å². The van der Waals surface area contributed by atoms with Gasteiger partial charge < -0.3 is 0 Å². The van der Waals surface area contributed by atoms with Crippen molar-refractivity contribution in [3.05, 3.63) is 76.9 Å². The highest BCUT2D eigenvalue weighted by Gasteiger charge is 2.23. The van der Waals surface area contributed by atoms with Gasteiger partial charge in [0.15, 0.2) is 5.65 Å². The highest BCUT2D eigenvalue weighted by molar-refractivity contribution is 7.22. The number of imidazole rings is 1. The van der Waals surface area contributed by atoms with E-state index in [4.69, 9.17) is 21.7 Å². The topological polar surface area (TPSA) is 30.2 Å². The van der Waals surface area contributed by atoms with Gasteiger partial charge in [-0.05, 0) is 87.6 Å². The zero-order chi connectivity index (χ0) is 22.8. The second kappa shape index (κ2) is 9.55. The summed E-state index contributed by atoms with van der Waals surface area (Å²) in [7, 11) is 0. The van der Waals surface area contributed by atoms with E-state index in [-0.39, 0.29) is 5.82 Å². The van der Waals surface area contributed by atoms with E-state index in [0.29, 0.717) is 5.92 Å². The Labute approximate surface area is 197 Å². The molecule has 0 aliphatic heterocycles. The number of hydrogen-bond donors (Lipinski definition) is 0. The fourth-order valence-electron chi connectivity index (χ4n) is 4.39. The summed E-state index contributed by atoms with van der Waals surface area (Å²) in [5.74, 6) is 0.115. The number of fused-ring (bicyclic) bond motifs is 2. The van der Waals surface area contributed by atoms with E-state index in [1.54, 1.807) is 22.9 Å². The maximum Gasteiger partial charge on any atom is 0.158 e. The molecule has 0 amide bonds. The maximum absolute atomic E-state index is 13.9. The average molecular weight is 468 g/mol. The van der Waals surface area contributed by atoms with Crippen molar-refractivity contribution in [1.82, 2.24) is 14.6 Å². The first-order valence-corrected chi connectivity index (χ1v) is 12.1. The Morgan fingerprint density at radius 2 is 1.97 bits per heavy atom. The first-order chi connectivity index (χ1) is 15.4. The van der Waals surface area contributed by atoms with Gasteiger partial charge in [0.05, 0.1) is 16.3 Å². The number of rotatable bonds is 8. The Hall–Kier alpha value is -2.50. The molecule has 0 aliphatic rings. The lowest BCUT2D eigenvalue weighted by Gasteiger charge is -2.17. The van der Waals surface area contributed by atoms with Crippen LogP contribution in [0.5, 0.6) is 0 Å². The van der Waals surface area contributed by atoms with E-state index in [2.05, 4.69) is 19.6 Å². The third-order valence-corrected chi connectivity index (χ3v) is 7.41. The minimum atomic E-state index is -0.216. The Kier molecular flexibility index (Phi) is 6.77. The fraction of sp³-hybridized carbons (Fsp3) is 0.308. The first kappa shape index (κ1) is 22.7. The summed E-state index contributed by atoms with van der Waals surface area (Å²) in [5.41, 5.74) is 7.64. The summed E-state index contributed by atoms with van der Waals surface area (Å²) in [6.07, 6.45) is 7.80. The number of aryl methyl sites for hydroxylation is 3. The molecule has 4 aromatic rings. The Morgan fingerprint density at radius 3 is 2.72 bits per heavy atom. The summed E-state index contributed by atoms with van der Waals surface area (Å²) >= 11 is 7.43. The molecule has 0 spiro atoms. The quantitative estimate of drug-likeness (QED) is 0.244. The van der Waals surface area contributed by atoms with Crippen LogP contribution in [-0.2, 0) is 0 Å². The molecule has 0 radical (unpaired) electrons. The second-order valence-electron chi connectivity index (χ2n) is 8.22. The molecule has 166 valence electrons. The zero-order valence-electron chi connectivity index (χ0n) is 18.7. The van der Waals surface area contributed by atoms with E-state index < -0.39 is 0 Å². The Morgan fingerprint density at radius 1 is 1.19 bits per heavy atom. The molecule has 1 atom stereocenters. The number of hydrogen-bond acceptors (Lipinski definition) is 3. The second-order valence-corrected chi connectivity index (χ2v) is 9.53. The van der Waals surface area contributed by atoms with E-state index in [9.17, 15) is 4.39 Å². The number of halogens is 2. The molecule has 0 N–H and O–H groups in total. The number of nitrogens with zero attached hydrogens (tertiary/aromatic N) is 3. The van der Waals surface area contributed by atoms with Gasteiger partial charge in [-0.25, -0.2) is 13.9 Å². The summed E-state index contributed by atoms with van der Waals surface area (Å²) in [6.45, 7) is 10.0. The summed E-state index contributed by atoms with van der Waals surface area (Å²) in [6, 6.07) is 7.15. The molecule has 0 saturated heterocycles. The number of allylic oxidation sites excluding steroid dienone is 2. The lowest BCUT2D eigenvalue weighted by atomic mass is 9.90. The van der Waals surface area contributed by atoms with Gasteiger partial charge >= 0.3 is 0 Å². The Balaban J connectivity index is 1.90. The molecule has 3 heterocycles. The van der Waals surface area contributed by atoms with E-state index in [1.165, 1.54) is 11.6 Å². The molecular weight excluding hydrogens is 441 g/mol. The molecule has 1 aromatic carbocycles. The minimum Gasteiger partial charge on any atom is -0.231 e. The molecule has 0 fully saturated rings. The van der Waals surface area contributed by atoms with Gasteiger partial charge in [-0.2, -0.15) is 5.10 Å². The number of benzene rings is 1. The molecule has 3 nitrogen and oxygen atoms in total. The maximum atomic E-state index is 13.9. The summed E-state index contributed by atoms with van der Waals surface area (Å²) < 4.78 is 16.9. The third kappa shape index (κ3) is 4.24. The highest BCUT2D eigenvalue weighted by atomic mass is 35.5. The third-order valence-electron chi connectivity index (χ3n) is 5.95. The standard InChI is InChI=1S/C26H27ClFN3S/c1-5-6-9-19(10-7-8-13-27)22-14-16(2)30-31-24(18(4)29-26(22)31)25-17(3)21-15-20(28)11-12-23(21)32-25/h5,8,11-15,19H,1,6-7,9-10H2,2-4H3. The molecule has 4 rings (SSSR count). The normalized spacial score (nSPS) is 12.9. The fourth-order valence-corrected chi connectivity index (χ4v) is 5.79. The van der Waals surface area contributed by atoms with Crippen LogP contribution in [0, 0.1) is 26.6 Å². The van der Waals surface area contributed by atoms with Crippen molar-refractivity contribution < 1.29 is 4.39 Å². The monoisotopic (exact) mass is 467 g/mol. The zero-order valence-corrected chi connectivity index (χ0v) is 20.2. The van der Waals surface area contributed by atoms with Crippen molar-refractivity contribution in [3.8, 4) is 10.6 Å². The van der Waals surface area contributed by atoms with Gasteiger partial charge in [-0.1, -0.05) is 23.8 Å². The average Bonchev–Trinajstić information content (AvgIpc) is 3.25. The summed E-state index contributed by atoms with van der Waals surface area (Å²) in [4.78, 5) is 6.07. The molecule has 0 saturated carbocycles. The first-order valence-electron chi connectivity index (χ1n) is 10.9. The molecular formula is C26H27ClFN3S. The Bertz CT molecular complexity index is 1320. The molecule has 0 bridgehead atoms. The highest BCUT2D eigenvalue weighted by Crippen LogP contribution is 2.41. The van der Waals surface area contributed by atoms with Gasteiger partial charge in [0, 0.05) is 15.8 Å². The number of thiophene rings is 1. The lowest BCUT2D eigenvalue weighted by molar-refractivity contribution is 0.587. The van der Waals surface area contributed by atoms with Crippen LogP contribution in [0.2, 0.25) is 0 Å². The largest absolute Gasteiger partial charge is 0.231 e. The van der Waals surface area contributed by atoms with Crippen molar-refractivity contribution in [2.24, 2.45) is 0 Å². The van der Waals surface area contributed by atoms with Crippen molar-refractivity contribution in [3.63, 3.8) is 0 Å². The van der Waals surface area contributed by atoms with Crippen molar-refractivity contribution in [1.29, 1.82) is 0 Å². The van der Waals surface area contributed by atoms with Crippen LogP contribution in [0.1, 0.15) is 54.1 Å². The van der Waals surface area contributed by atoms with Gasteiger partial charge in [-0.15, -0.1) is 17.9 Å². The summed E-state index contributed by atoms with van der Waals surface area (Å²) in [5, 5.41) is 5.80.